The number of ether oxygens (including phenoxy) is 1. The molecule has 0 amide bonds. The molecule has 2 unspecified atom stereocenters. The maximum absolute atomic E-state index is 8.52. The molecule has 1 heterocycles. The summed E-state index contributed by atoms with van der Waals surface area (Å²) in [6.07, 6.45) is 7.05. The summed E-state index contributed by atoms with van der Waals surface area (Å²) in [7, 11) is 0. The van der Waals surface area contributed by atoms with E-state index >= 15 is 0 Å². The monoisotopic (exact) mass is 238 g/mol. The van der Waals surface area contributed by atoms with Crippen LogP contribution in [0.5, 0.6) is 0 Å². The van der Waals surface area contributed by atoms with Crippen molar-refractivity contribution in [1.82, 2.24) is 4.90 Å². The molecule has 3 heteroatoms. The van der Waals surface area contributed by atoms with Crippen LogP contribution in [0, 0.1) is 11.3 Å². The number of nitrogens with zero attached hydrogens (tertiary/aromatic N) is 1. The summed E-state index contributed by atoms with van der Waals surface area (Å²) in [5.41, 5.74) is -0.267. The van der Waals surface area contributed by atoms with Gasteiger partial charge in [-0.05, 0) is 44.9 Å². The Morgan fingerprint density at radius 1 is 1.35 bits per heavy atom. The van der Waals surface area contributed by atoms with Crippen molar-refractivity contribution in [2.75, 3.05) is 19.7 Å². The van der Waals surface area contributed by atoms with Gasteiger partial charge in [0, 0.05) is 19.7 Å². The number of likely N-dealkylation sites (tertiary alicyclic amines) is 1. The van der Waals surface area contributed by atoms with Gasteiger partial charge < -0.3 is 9.64 Å². The predicted octanol–water partition coefficient (Wildman–Crippen LogP) is 3.04. The van der Waals surface area contributed by atoms with Crippen LogP contribution in [-0.2, 0) is 4.74 Å². The molecule has 1 saturated carbocycles. The normalized spacial score (nSPS) is 34.0. The molecule has 17 heavy (non-hydrogen) atoms. The molecule has 0 aromatic carbocycles. The minimum Gasteiger partial charge on any atom is -0.367 e. The third kappa shape index (κ3) is 2.65. The van der Waals surface area contributed by atoms with Gasteiger partial charge in [0.1, 0.15) is 11.4 Å². The second-order valence-corrected chi connectivity index (χ2v) is 5.67. The van der Waals surface area contributed by atoms with Gasteiger partial charge in [-0.15, -0.1) is 0 Å². The molecule has 2 fully saturated rings. The van der Waals surface area contributed by atoms with Crippen molar-refractivity contribution in [3.63, 3.8) is 0 Å². The van der Waals surface area contributed by atoms with Gasteiger partial charge in [0.2, 0.25) is 0 Å². The molecule has 0 aromatic heterocycles. The van der Waals surface area contributed by atoms with Gasteiger partial charge in [0.05, 0.1) is 0 Å². The molecule has 0 aromatic rings. The third-order valence-electron chi connectivity index (χ3n) is 4.23. The summed E-state index contributed by atoms with van der Waals surface area (Å²) in [4.78, 5) is 2.24. The van der Waals surface area contributed by atoms with E-state index in [1.165, 1.54) is 25.7 Å². The average Bonchev–Trinajstić information content (AvgIpc) is 2.81. The van der Waals surface area contributed by atoms with Gasteiger partial charge >= 0.3 is 0 Å². The molecule has 0 bridgehead atoms. The van der Waals surface area contributed by atoms with Crippen LogP contribution in [0.1, 0.15) is 52.4 Å². The lowest BCUT2D eigenvalue weighted by Crippen LogP contribution is -2.52. The largest absolute Gasteiger partial charge is 0.367 e. The second kappa shape index (κ2) is 5.38. The molecular weight excluding hydrogens is 212 g/mol. The molecule has 2 rings (SSSR count). The Hall–Kier alpha value is -0.570. The van der Waals surface area contributed by atoms with Gasteiger partial charge in [0.15, 0.2) is 0 Å². The van der Waals surface area contributed by atoms with Gasteiger partial charge in [-0.1, -0.05) is 13.3 Å². The summed E-state index contributed by atoms with van der Waals surface area (Å²) in [5.74, 6) is 1.46. The number of nitrogens with one attached hydrogen (secondary N) is 1. The molecule has 2 aliphatic rings. The fourth-order valence-corrected chi connectivity index (χ4v) is 3.42. The van der Waals surface area contributed by atoms with Gasteiger partial charge in [-0.3, -0.25) is 5.41 Å². The van der Waals surface area contributed by atoms with Crippen LogP contribution in [-0.4, -0.2) is 36.0 Å². The fourth-order valence-electron chi connectivity index (χ4n) is 3.42. The molecule has 0 spiro atoms. The zero-order valence-corrected chi connectivity index (χ0v) is 11.3. The lowest BCUT2D eigenvalue weighted by molar-refractivity contribution is -0.0317. The van der Waals surface area contributed by atoms with Crippen molar-refractivity contribution in [1.29, 1.82) is 5.41 Å². The summed E-state index contributed by atoms with van der Waals surface area (Å²) >= 11 is 0. The lowest BCUT2D eigenvalue weighted by atomic mass is 9.77. The highest BCUT2D eigenvalue weighted by Crippen LogP contribution is 2.37. The van der Waals surface area contributed by atoms with Crippen molar-refractivity contribution >= 4 is 5.84 Å². The summed E-state index contributed by atoms with van der Waals surface area (Å²) in [6, 6.07) is 0. The van der Waals surface area contributed by atoms with E-state index in [4.69, 9.17) is 10.1 Å². The number of hydrogen-bond donors (Lipinski definition) is 1. The van der Waals surface area contributed by atoms with E-state index < -0.39 is 0 Å². The van der Waals surface area contributed by atoms with Crippen molar-refractivity contribution < 1.29 is 4.74 Å². The molecule has 3 nitrogen and oxygen atoms in total. The Labute approximate surface area is 105 Å². The van der Waals surface area contributed by atoms with Crippen molar-refractivity contribution in [2.45, 2.75) is 58.0 Å². The average molecular weight is 238 g/mol. The van der Waals surface area contributed by atoms with Crippen LogP contribution in [0.4, 0.5) is 0 Å². The molecule has 1 aliphatic heterocycles. The number of hydrogen-bond acceptors (Lipinski definition) is 2. The fraction of sp³-hybridized carbons (Fsp3) is 0.929. The first kappa shape index (κ1) is 12.9. The Bertz CT molecular complexity index is 269. The van der Waals surface area contributed by atoms with Crippen LogP contribution in [0.2, 0.25) is 0 Å². The summed E-state index contributed by atoms with van der Waals surface area (Å²) in [6.45, 7) is 7.19. The highest BCUT2D eigenvalue weighted by Gasteiger charge is 2.42. The molecule has 1 saturated heterocycles. The van der Waals surface area contributed by atoms with Gasteiger partial charge in [-0.2, -0.15) is 0 Å². The lowest BCUT2D eigenvalue weighted by Gasteiger charge is -2.42. The van der Waals surface area contributed by atoms with E-state index in [9.17, 15) is 0 Å². The van der Waals surface area contributed by atoms with Crippen molar-refractivity contribution in [3.8, 4) is 0 Å². The van der Waals surface area contributed by atoms with E-state index in [0.717, 1.165) is 38.4 Å². The van der Waals surface area contributed by atoms with E-state index in [2.05, 4.69) is 18.7 Å². The van der Waals surface area contributed by atoms with Crippen LogP contribution >= 0.6 is 0 Å². The molecule has 0 radical (unpaired) electrons. The minimum atomic E-state index is -0.267. The van der Waals surface area contributed by atoms with Gasteiger partial charge in [-0.25, -0.2) is 0 Å². The number of amidine groups is 1. The zero-order valence-electron chi connectivity index (χ0n) is 11.3. The van der Waals surface area contributed by atoms with E-state index in [0.29, 0.717) is 5.92 Å². The van der Waals surface area contributed by atoms with Crippen LogP contribution < -0.4 is 0 Å². The first-order valence-corrected chi connectivity index (χ1v) is 7.16. The predicted molar refractivity (Wildman–Crippen MR) is 70.5 cm³/mol. The Balaban J connectivity index is 2.11. The quantitative estimate of drug-likeness (QED) is 0.606. The Morgan fingerprint density at radius 3 is 2.65 bits per heavy atom. The highest BCUT2D eigenvalue weighted by atomic mass is 16.5. The van der Waals surface area contributed by atoms with Crippen molar-refractivity contribution in [2.24, 2.45) is 5.92 Å². The molecule has 1 N–H and O–H groups in total. The Kier molecular flexibility index (Phi) is 4.08. The first-order valence-electron chi connectivity index (χ1n) is 7.16. The molecule has 1 aliphatic carbocycles. The standard InChI is InChI=1S/C14H26N2O/c1-3-17-14(8-6-7-12(2)11-14)13(15)16-9-4-5-10-16/h12,15H,3-11H2,1-2H3. The summed E-state index contributed by atoms with van der Waals surface area (Å²) < 4.78 is 6.05. The smallest absolute Gasteiger partial charge is 0.129 e. The van der Waals surface area contributed by atoms with E-state index in [1.807, 2.05) is 0 Å². The maximum Gasteiger partial charge on any atom is 0.129 e. The molecule has 98 valence electrons. The van der Waals surface area contributed by atoms with Gasteiger partial charge in [0.25, 0.3) is 0 Å². The van der Waals surface area contributed by atoms with Crippen LogP contribution in [0.25, 0.3) is 0 Å². The maximum atomic E-state index is 8.52. The van der Waals surface area contributed by atoms with Crippen LogP contribution in [0.3, 0.4) is 0 Å². The first-order chi connectivity index (χ1) is 8.18. The zero-order chi connectivity index (χ0) is 12.3. The minimum absolute atomic E-state index is 0.267. The Morgan fingerprint density at radius 2 is 2.06 bits per heavy atom. The summed E-state index contributed by atoms with van der Waals surface area (Å²) in [5, 5.41) is 8.52. The second-order valence-electron chi connectivity index (χ2n) is 5.67. The SMILES string of the molecule is CCOC1(C(=N)N2CCCC2)CCCC(C)C1. The highest BCUT2D eigenvalue weighted by molar-refractivity contribution is 5.88. The van der Waals surface area contributed by atoms with E-state index in [1.54, 1.807) is 0 Å². The number of rotatable bonds is 3. The molecule has 2 atom stereocenters. The topological polar surface area (TPSA) is 36.3 Å². The van der Waals surface area contributed by atoms with Crippen molar-refractivity contribution in [3.05, 3.63) is 0 Å². The third-order valence-corrected chi connectivity index (χ3v) is 4.23. The van der Waals surface area contributed by atoms with Crippen LogP contribution in [0.15, 0.2) is 0 Å². The molecular formula is C14H26N2O. The van der Waals surface area contributed by atoms with E-state index in [-0.39, 0.29) is 5.60 Å².